The van der Waals surface area contributed by atoms with Crippen molar-refractivity contribution in [3.8, 4) is 17.1 Å². The molecule has 0 saturated heterocycles. The Bertz CT molecular complexity index is 1230. The van der Waals surface area contributed by atoms with Crippen LogP contribution in [0.25, 0.3) is 22.6 Å². The number of carbonyl (C=O) groups excluding carboxylic acids is 1. The number of aromatic nitrogens is 4. The molecule has 0 aliphatic rings. The highest BCUT2D eigenvalue weighted by Crippen LogP contribution is 2.28. The van der Waals surface area contributed by atoms with Gasteiger partial charge in [0, 0.05) is 0 Å². The summed E-state index contributed by atoms with van der Waals surface area (Å²) in [4.78, 5) is 36.0. The molecule has 0 aliphatic carbocycles. The number of nitrogens with one attached hydrogen (secondary N) is 1. The van der Waals surface area contributed by atoms with Crippen LogP contribution in [0, 0.1) is 0 Å². The van der Waals surface area contributed by atoms with Crippen molar-refractivity contribution < 1.29 is 9.53 Å². The maximum Gasteiger partial charge on any atom is 0.328 e. The van der Waals surface area contributed by atoms with Crippen LogP contribution in [-0.2, 0) is 6.54 Å². The molecule has 0 saturated carbocycles. The Balaban J connectivity index is 1.97. The molecular formula is C20H17N5O3. The Morgan fingerprint density at radius 1 is 1.11 bits per heavy atom. The zero-order valence-electron chi connectivity index (χ0n) is 15.0. The summed E-state index contributed by atoms with van der Waals surface area (Å²) in [5, 5.41) is 0. The van der Waals surface area contributed by atoms with Crippen molar-refractivity contribution in [2.45, 2.75) is 6.54 Å². The van der Waals surface area contributed by atoms with E-state index in [0.717, 1.165) is 5.56 Å². The van der Waals surface area contributed by atoms with E-state index in [1.807, 2.05) is 42.5 Å². The van der Waals surface area contributed by atoms with Crippen molar-refractivity contribution >= 4 is 17.1 Å². The largest absolute Gasteiger partial charge is 0.496 e. The summed E-state index contributed by atoms with van der Waals surface area (Å²) in [7, 11) is 1.54. The minimum absolute atomic E-state index is 0.0465. The molecule has 4 aromatic rings. The standard InChI is InChI=1S/C20H17N5O3/c1-28-14-10-6-5-9-13(14)18-22-15(17(21)26)16-19(24-18)25(20(27)23-16)11-12-7-3-2-4-8-12/h2-10H,11H2,1H3,(H2,21,26)(H,23,27). The summed E-state index contributed by atoms with van der Waals surface area (Å²) in [5.74, 6) is 0.0426. The van der Waals surface area contributed by atoms with Gasteiger partial charge in [-0.25, -0.2) is 14.8 Å². The molecule has 0 unspecified atom stereocenters. The summed E-state index contributed by atoms with van der Waals surface area (Å²) < 4.78 is 6.83. The van der Waals surface area contributed by atoms with E-state index >= 15 is 0 Å². The van der Waals surface area contributed by atoms with E-state index in [2.05, 4.69) is 15.0 Å². The van der Waals surface area contributed by atoms with Crippen molar-refractivity contribution in [3.63, 3.8) is 0 Å². The van der Waals surface area contributed by atoms with Gasteiger partial charge in [-0.1, -0.05) is 42.5 Å². The van der Waals surface area contributed by atoms with E-state index in [4.69, 9.17) is 10.5 Å². The molecule has 8 heteroatoms. The van der Waals surface area contributed by atoms with Crippen LogP contribution >= 0.6 is 0 Å². The predicted molar refractivity (Wildman–Crippen MR) is 104 cm³/mol. The van der Waals surface area contributed by atoms with Crippen LogP contribution in [0.3, 0.4) is 0 Å². The average Bonchev–Trinajstić information content (AvgIpc) is 3.03. The van der Waals surface area contributed by atoms with Gasteiger partial charge in [0.1, 0.15) is 11.3 Å². The Kier molecular flexibility index (Phi) is 4.36. The molecule has 2 aromatic heterocycles. The smallest absolute Gasteiger partial charge is 0.328 e. The van der Waals surface area contributed by atoms with Crippen molar-refractivity contribution in [2.75, 3.05) is 7.11 Å². The number of fused-ring (bicyclic) bond motifs is 1. The minimum atomic E-state index is -0.753. The first-order valence-corrected chi connectivity index (χ1v) is 8.56. The van der Waals surface area contributed by atoms with Gasteiger partial charge < -0.3 is 15.5 Å². The number of ether oxygens (including phenoxy) is 1. The number of imidazole rings is 1. The van der Waals surface area contributed by atoms with E-state index in [0.29, 0.717) is 23.5 Å². The second-order valence-corrected chi connectivity index (χ2v) is 6.16. The number of methoxy groups -OCH3 is 1. The second kappa shape index (κ2) is 6.99. The summed E-state index contributed by atoms with van der Waals surface area (Å²) in [6, 6.07) is 16.7. The number of rotatable bonds is 5. The highest BCUT2D eigenvalue weighted by atomic mass is 16.5. The first-order valence-electron chi connectivity index (χ1n) is 8.56. The van der Waals surface area contributed by atoms with Crippen molar-refractivity contribution in [3.05, 3.63) is 76.3 Å². The molecule has 0 bridgehead atoms. The molecule has 2 heterocycles. The Labute approximate surface area is 159 Å². The molecule has 0 atom stereocenters. The summed E-state index contributed by atoms with van der Waals surface area (Å²) in [6.45, 7) is 0.292. The first-order chi connectivity index (χ1) is 13.6. The third kappa shape index (κ3) is 3.01. The van der Waals surface area contributed by atoms with Gasteiger partial charge in [0.2, 0.25) is 0 Å². The lowest BCUT2D eigenvalue weighted by Crippen LogP contribution is -2.17. The van der Waals surface area contributed by atoms with Crippen molar-refractivity contribution in [2.24, 2.45) is 5.73 Å². The van der Waals surface area contributed by atoms with Crippen LogP contribution in [0.1, 0.15) is 16.1 Å². The number of hydrogen-bond acceptors (Lipinski definition) is 5. The Morgan fingerprint density at radius 2 is 1.82 bits per heavy atom. The predicted octanol–water partition coefficient (Wildman–Crippen LogP) is 1.94. The van der Waals surface area contributed by atoms with Gasteiger partial charge >= 0.3 is 5.69 Å². The molecule has 0 aliphatic heterocycles. The number of nitrogens with zero attached hydrogens (tertiary/aromatic N) is 3. The molecular weight excluding hydrogens is 358 g/mol. The second-order valence-electron chi connectivity index (χ2n) is 6.16. The normalized spacial score (nSPS) is 10.9. The molecule has 4 rings (SSSR count). The number of amides is 1. The van der Waals surface area contributed by atoms with E-state index < -0.39 is 11.6 Å². The minimum Gasteiger partial charge on any atom is -0.496 e. The summed E-state index contributed by atoms with van der Waals surface area (Å²) >= 11 is 0. The van der Waals surface area contributed by atoms with E-state index in [1.54, 1.807) is 12.1 Å². The van der Waals surface area contributed by atoms with Gasteiger partial charge in [0.05, 0.1) is 19.2 Å². The van der Waals surface area contributed by atoms with Crippen LogP contribution in [0.5, 0.6) is 5.75 Å². The van der Waals surface area contributed by atoms with Gasteiger partial charge in [0.25, 0.3) is 5.91 Å². The number of para-hydroxylation sites is 1. The third-order valence-corrected chi connectivity index (χ3v) is 4.39. The summed E-state index contributed by atoms with van der Waals surface area (Å²) in [5.41, 5.74) is 7.11. The quantitative estimate of drug-likeness (QED) is 0.553. The molecule has 1 amide bonds. The molecule has 0 spiro atoms. The maximum atomic E-state index is 12.6. The topological polar surface area (TPSA) is 116 Å². The van der Waals surface area contributed by atoms with Crippen LogP contribution in [-0.4, -0.2) is 32.5 Å². The molecule has 8 nitrogen and oxygen atoms in total. The van der Waals surface area contributed by atoms with Gasteiger partial charge in [-0.3, -0.25) is 9.36 Å². The zero-order valence-corrected chi connectivity index (χ0v) is 15.0. The molecule has 0 radical (unpaired) electrons. The van der Waals surface area contributed by atoms with E-state index in [-0.39, 0.29) is 17.0 Å². The zero-order chi connectivity index (χ0) is 19.7. The number of primary amides is 1. The molecule has 0 fully saturated rings. The lowest BCUT2D eigenvalue weighted by molar-refractivity contribution is 0.0997. The van der Waals surface area contributed by atoms with Gasteiger partial charge in [-0.05, 0) is 17.7 Å². The van der Waals surface area contributed by atoms with Gasteiger partial charge in [-0.2, -0.15) is 0 Å². The van der Waals surface area contributed by atoms with E-state index in [9.17, 15) is 9.59 Å². The SMILES string of the molecule is COc1ccccc1-c1nc(C(N)=O)c2[nH]c(=O)n(Cc3ccccc3)c2n1. The lowest BCUT2D eigenvalue weighted by atomic mass is 10.2. The first kappa shape index (κ1) is 17.5. The number of hydrogen-bond donors (Lipinski definition) is 2. The maximum absolute atomic E-state index is 12.6. The van der Waals surface area contributed by atoms with Crippen LogP contribution < -0.4 is 16.2 Å². The van der Waals surface area contributed by atoms with Gasteiger partial charge in [0.15, 0.2) is 17.2 Å². The van der Waals surface area contributed by atoms with Crippen LogP contribution in [0.15, 0.2) is 59.4 Å². The van der Waals surface area contributed by atoms with Crippen molar-refractivity contribution in [1.82, 2.24) is 19.5 Å². The fraction of sp³-hybridized carbons (Fsp3) is 0.100. The molecule has 3 N–H and O–H groups in total. The Morgan fingerprint density at radius 3 is 2.54 bits per heavy atom. The monoisotopic (exact) mass is 375 g/mol. The average molecular weight is 375 g/mol. The fourth-order valence-electron chi connectivity index (χ4n) is 3.07. The third-order valence-electron chi connectivity index (χ3n) is 4.39. The molecule has 140 valence electrons. The number of carbonyl (C=O) groups is 1. The number of H-pyrrole nitrogens is 1. The van der Waals surface area contributed by atoms with Crippen LogP contribution in [0.4, 0.5) is 0 Å². The Hall–Kier alpha value is -3.94. The molecule has 2 aromatic carbocycles. The summed E-state index contributed by atoms with van der Waals surface area (Å²) in [6.07, 6.45) is 0. The fourth-order valence-corrected chi connectivity index (χ4v) is 3.07. The number of aromatic amines is 1. The highest BCUT2D eigenvalue weighted by molar-refractivity contribution is 6.02. The number of nitrogens with two attached hydrogens (primary N) is 1. The lowest BCUT2D eigenvalue weighted by Gasteiger charge is -2.09. The number of benzene rings is 2. The highest BCUT2D eigenvalue weighted by Gasteiger charge is 2.20. The van der Waals surface area contributed by atoms with Gasteiger partial charge in [-0.15, -0.1) is 0 Å². The van der Waals surface area contributed by atoms with Crippen molar-refractivity contribution in [1.29, 1.82) is 0 Å². The van der Waals surface area contributed by atoms with E-state index in [1.165, 1.54) is 11.7 Å². The van der Waals surface area contributed by atoms with Crippen LogP contribution in [0.2, 0.25) is 0 Å². The molecule has 28 heavy (non-hydrogen) atoms.